The zero-order chi connectivity index (χ0) is 16.7. The van der Waals surface area contributed by atoms with Gasteiger partial charge in [-0.3, -0.25) is 9.59 Å². The Morgan fingerprint density at radius 2 is 1.82 bits per heavy atom. The lowest BCUT2D eigenvalue weighted by Crippen LogP contribution is -2.41. The molecule has 0 spiro atoms. The van der Waals surface area contributed by atoms with E-state index in [0.717, 1.165) is 0 Å². The molecular weight excluding hydrogens is 288 g/mol. The molecule has 22 heavy (non-hydrogen) atoms. The first-order valence-corrected chi connectivity index (χ1v) is 6.88. The maximum atomic E-state index is 12.0. The zero-order valence-electron chi connectivity index (χ0n) is 12.5. The van der Waals surface area contributed by atoms with E-state index in [1.54, 1.807) is 24.3 Å². The molecule has 4 N–H and O–H groups in total. The SMILES string of the molecule is CC(C)Oc1ccc(C(=O)NC(CCC(N)=O)C(=O)O)cc1. The maximum Gasteiger partial charge on any atom is 0.326 e. The van der Waals surface area contributed by atoms with Gasteiger partial charge in [-0.05, 0) is 44.5 Å². The number of rotatable bonds is 8. The van der Waals surface area contributed by atoms with Crippen molar-refractivity contribution in [1.29, 1.82) is 0 Å². The van der Waals surface area contributed by atoms with Gasteiger partial charge in [0.05, 0.1) is 6.10 Å². The molecule has 1 unspecified atom stereocenters. The molecule has 0 heterocycles. The Morgan fingerprint density at radius 1 is 1.23 bits per heavy atom. The number of hydrogen-bond donors (Lipinski definition) is 3. The fourth-order valence-electron chi connectivity index (χ4n) is 1.74. The molecule has 1 atom stereocenters. The summed E-state index contributed by atoms with van der Waals surface area (Å²) in [5.74, 6) is -1.74. The Labute approximate surface area is 128 Å². The second-order valence-electron chi connectivity index (χ2n) is 5.06. The number of ether oxygens (including phenoxy) is 1. The van der Waals surface area contributed by atoms with Crippen molar-refractivity contribution in [3.63, 3.8) is 0 Å². The highest BCUT2D eigenvalue weighted by molar-refractivity contribution is 5.96. The van der Waals surface area contributed by atoms with Crippen LogP contribution in [-0.2, 0) is 9.59 Å². The molecule has 1 aromatic rings. The summed E-state index contributed by atoms with van der Waals surface area (Å²) in [5, 5.41) is 11.4. The molecule has 1 rings (SSSR count). The summed E-state index contributed by atoms with van der Waals surface area (Å²) >= 11 is 0. The number of amides is 2. The Bertz CT molecular complexity index is 539. The minimum absolute atomic E-state index is 0.0184. The topological polar surface area (TPSA) is 119 Å². The van der Waals surface area contributed by atoms with E-state index < -0.39 is 23.8 Å². The first kappa shape index (κ1) is 17.5. The number of aliphatic carboxylic acids is 1. The average Bonchev–Trinajstić information content (AvgIpc) is 2.42. The van der Waals surface area contributed by atoms with Gasteiger partial charge in [-0.25, -0.2) is 4.79 Å². The van der Waals surface area contributed by atoms with E-state index in [1.165, 1.54) is 0 Å². The summed E-state index contributed by atoms with van der Waals surface area (Å²) in [4.78, 5) is 33.8. The molecule has 0 saturated carbocycles. The number of primary amides is 1. The van der Waals surface area contributed by atoms with Crippen LogP contribution in [0.15, 0.2) is 24.3 Å². The molecule has 1 aromatic carbocycles. The van der Waals surface area contributed by atoms with Crippen LogP contribution < -0.4 is 15.8 Å². The summed E-state index contributed by atoms with van der Waals surface area (Å²) in [6, 6.07) is 5.19. The van der Waals surface area contributed by atoms with Gasteiger partial charge < -0.3 is 20.9 Å². The predicted molar refractivity (Wildman–Crippen MR) is 79.5 cm³/mol. The quantitative estimate of drug-likeness (QED) is 0.660. The van der Waals surface area contributed by atoms with E-state index in [-0.39, 0.29) is 18.9 Å². The van der Waals surface area contributed by atoms with Gasteiger partial charge in [0.15, 0.2) is 0 Å². The Balaban J connectivity index is 2.69. The molecule has 120 valence electrons. The highest BCUT2D eigenvalue weighted by atomic mass is 16.5. The minimum atomic E-state index is -1.21. The third-order valence-electron chi connectivity index (χ3n) is 2.77. The van der Waals surface area contributed by atoms with Crippen LogP contribution >= 0.6 is 0 Å². The zero-order valence-corrected chi connectivity index (χ0v) is 12.5. The van der Waals surface area contributed by atoms with Crippen LogP contribution in [0.3, 0.4) is 0 Å². The standard InChI is InChI=1S/C15H20N2O5/c1-9(2)22-11-5-3-10(4-6-11)14(19)17-12(15(20)21)7-8-13(16)18/h3-6,9,12H,7-8H2,1-2H3,(H2,16,18)(H,17,19)(H,20,21). The van der Waals surface area contributed by atoms with Crippen molar-refractivity contribution in [2.75, 3.05) is 0 Å². The van der Waals surface area contributed by atoms with E-state index in [0.29, 0.717) is 11.3 Å². The third-order valence-corrected chi connectivity index (χ3v) is 2.77. The van der Waals surface area contributed by atoms with E-state index in [4.69, 9.17) is 15.6 Å². The van der Waals surface area contributed by atoms with Gasteiger partial charge >= 0.3 is 5.97 Å². The normalized spacial score (nSPS) is 11.8. The first-order chi connectivity index (χ1) is 10.3. The van der Waals surface area contributed by atoms with Gasteiger partial charge in [-0.2, -0.15) is 0 Å². The van der Waals surface area contributed by atoms with Crippen LogP contribution in [0.1, 0.15) is 37.0 Å². The lowest BCUT2D eigenvalue weighted by Gasteiger charge is -2.14. The molecular formula is C15H20N2O5. The van der Waals surface area contributed by atoms with E-state index in [1.807, 2.05) is 13.8 Å². The number of hydrogen-bond acceptors (Lipinski definition) is 4. The van der Waals surface area contributed by atoms with Crippen molar-refractivity contribution >= 4 is 17.8 Å². The van der Waals surface area contributed by atoms with Crippen molar-refractivity contribution in [2.45, 2.75) is 38.8 Å². The molecule has 7 nitrogen and oxygen atoms in total. The summed E-state index contributed by atoms with van der Waals surface area (Å²) in [7, 11) is 0. The summed E-state index contributed by atoms with van der Waals surface area (Å²) in [5.41, 5.74) is 5.29. The van der Waals surface area contributed by atoms with Crippen molar-refractivity contribution in [3.05, 3.63) is 29.8 Å². The largest absolute Gasteiger partial charge is 0.491 e. The fourth-order valence-corrected chi connectivity index (χ4v) is 1.74. The second kappa shape index (κ2) is 8.02. The predicted octanol–water partition coefficient (Wildman–Crippen LogP) is 0.922. The molecule has 0 radical (unpaired) electrons. The molecule has 0 aliphatic carbocycles. The average molecular weight is 308 g/mol. The Kier molecular flexibility index (Phi) is 6.37. The van der Waals surface area contributed by atoms with Crippen LogP contribution in [0, 0.1) is 0 Å². The monoisotopic (exact) mass is 308 g/mol. The third kappa shape index (κ3) is 5.82. The number of carboxylic acid groups (broad SMARTS) is 1. The van der Waals surface area contributed by atoms with Crippen LogP contribution in [-0.4, -0.2) is 35.0 Å². The Morgan fingerprint density at radius 3 is 2.27 bits per heavy atom. The highest BCUT2D eigenvalue weighted by Crippen LogP contribution is 2.14. The van der Waals surface area contributed by atoms with Crippen LogP contribution in [0.25, 0.3) is 0 Å². The van der Waals surface area contributed by atoms with Crippen LogP contribution in [0.4, 0.5) is 0 Å². The first-order valence-electron chi connectivity index (χ1n) is 6.88. The van der Waals surface area contributed by atoms with Gasteiger partial charge in [0, 0.05) is 12.0 Å². The number of nitrogens with one attached hydrogen (secondary N) is 1. The minimum Gasteiger partial charge on any atom is -0.491 e. The molecule has 0 fully saturated rings. The second-order valence-corrected chi connectivity index (χ2v) is 5.06. The van der Waals surface area contributed by atoms with Crippen molar-refractivity contribution in [3.8, 4) is 5.75 Å². The lowest BCUT2D eigenvalue weighted by atomic mass is 10.1. The summed E-state index contributed by atoms with van der Waals surface area (Å²) < 4.78 is 5.46. The molecule has 2 amide bonds. The van der Waals surface area contributed by atoms with Gasteiger partial charge in [-0.15, -0.1) is 0 Å². The lowest BCUT2D eigenvalue weighted by molar-refractivity contribution is -0.139. The molecule has 0 aromatic heterocycles. The van der Waals surface area contributed by atoms with Gasteiger partial charge in [0.2, 0.25) is 5.91 Å². The molecule has 0 bridgehead atoms. The summed E-state index contributed by atoms with van der Waals surface area (Å²) in [6.07, 6.45) is -0.145. The number of nitrogens with two attached hydrogens (primary N) is 1. The van der Waals surface area contributed by atoms with Gasteiger partial charge in [-0.1, -0.05) is 0 Å². The smallest absolute Gasteiger partial charge is 0.326 e. The van der Waals surface area contributed by atoms with Crippen molar-refractivity contribution in [2.24, 2.45) is 5.73 Å². The molecule has 0 saturated heterocycles. The van der Waals surface area contributed by atoms with Crippen molar-refractivity contribution < 1.29 is 24.2 Å². The van der Waals surface area contributed by atoms with E-state index in [2.05, 4.69) is 5.32 Å². The summed E-state index contributed by atoms with van der Waals surface area (Å²) in [6.45, 7) is 3.77. The Hall–Kier alpha value is -2.57. The van der Waals surface area contributed by atoms with E-state index >= 15 is 0 Å². The number of benzene rings is 1. The molecule has 7 heteroatoms. The van der Waals surface area contributed by atoms with Crippen LogP contribution in [0.2, 0.25) is 0 Å². The van der Waals surface area contributed by atoms with Gasteiger partial charge in [0.1, 0.15) is 11.8 Å². The number of carbonyl (C=O) groups is 3. The maximum absolute atomic E-state index is 12.0. The number of carboxylic acids is 1. The van der Waals surface area contributed by atoms with Gasteiger partial charge in [0.25, 0.3) is 5.91 Å². The van der Waals surface area contributed by atoms with Crippen LogP contribution in [0.5, 0.6) is 5.75 Å². The molecule has 0 aliphatic heterocycles. The number of carbonyl (C=O) groups excluding carboxylic acids is 2. The molecule has 0 aliphatic rings. The highest BCUT2D eigenvalue weighted by Gasteiger charge is 2.21. The van der Waals surface area contributed by atoms with E-state index in [9.17, 15) is 14.4 Å². The fraction of sp³-hybridized carbons (Fsp3) is 0.400. The van der Waals surface area contributed by atoms with Crippen molar-refractivity contribution in [1.82, 2.24) is 5.32 Å².